The van der Waals surface area contributed by atoms with E-state index in [2.05, 4.69) is 4.74 Å². The lowest BCUT2D eigenvalue weighted by Crippen LogP contribution is -2.60. The fourth-order valence-corrected chi connectivity index (χ4v) is 1.64. The molecular formula is C10H16O8. The Morgan fingerprint density at radius 3 is 2.11 bits per heavy atom. The van der Waals surface area contributed by atoms with Crippen LogP contribution < -0.4 is 0 Å². The summed E-state index contributed by atoms with van der Waals surface area (Å²) < 4.78 is 14.4. The Hall–Kier alpha value is -1.22. The molecular weight excluding hydrogens is 248 g/mol. The van der Waals surface area contributed by atoms with Crippen molar-refractivity contribution in [1.29, 1.82) is 0 Å². The Labute approximate surface area is 103 Å². The third-order valence-electron chi connectivity index (χ3n) is 2.41. The average Bonchev–Trinajstić information content (AvgIpc) is 2.27. The maximum Gasteiger partial charge on any atom is 0.305 e. The van der Waals surface area contributed by atoms with E-state index in [1.54, 1.807) is 0 Å². The Morgan fingerprint density at radius 2 is 1.67 bits per heavy atom. The summed E-state index contributed by atoms with van der Waals surface area (Å²) in [6.45, 7) is 1.63. The first-order valence-corrected chi connectivity index (χ1v) is 5.33. The van der Waals surface area contributed by atoms with Crippen molar-refractivity contribution in [3.63, 3.8) is 0 Å². The molecule has 0 aromatic rings. The van der Waals surface area contributed by atoms with E-state index in [0.717, 1.165) is 13.8 Å². The molecule has 1 rings (SSSR count). The van der Waals surface area contributed by atoms with Crippen LogP contribution in [0.2, 0.25) is 0 Å². The first-order chi connectivity index (χ1) is 8.36. The number of esters is 2. The summed E-state index contributed by atoms with van der Waals surface area (Å²) in [5.41, 5.74) is 0. The smallest absolute Gasteiger partial charge is 0.305 e. The van der Waals surface area contributed by atoms with Crippen LogP contribution in [0, 0.1) is 0 Å². The molecule has 0 spiro atoms. The molecule has 1 unspecified atom stereocenters. The number of aliphatic hydroxyl groups excluding tert-OH is 3. The van der Waals surface area contributed by atoms with Gasteiger partial charge >= 0.3 is 11.9 Å². The van der Waals surface area contributed by atoms with Crippen molar-refractivity contribution >= 4 is 11.9 Å². The molecule has 0 aromatic heterocycles. The van der Waals surface area contributed by atoms with Crippen LogP contribution in [-0.2, 0) is 23.8 Å². The van der Waals surface area contributed by atoms with Crippen molar-refractivity contribution in [3.8, 4) is 0 Å². The number of rotatable bonds is 3. The maximum absolute atomic E-state index is 10.9. The van der Waals surface area contributed by atoms with Gasteiger partial charge in [-0.25, -0.2) is 0 Å². The second-order valence-corrected chi connectivity index (χ2v) is 3.89. The number of carbonyl (C=O) groups is 2. The number of ether oxygens (including phenoxy) is 3. The summed E-state index contributed by atoms with van der Waals surface area (Å²) in [5.74, 6) is -1.44. The molecule has 1 aliphatic rings. The standard InChI is InChI=1S/C10H16O8/c1-4(12)16-9-7(14)6(3-11)18-10(8(9)15)17-5(2)13/h6-11,14-15H,3H2,1-2H3/t6-,7+,8-,9-,10?/m0/s1. The summed E-state index contributed by atoms with van der Waals surface area (Å²) in [4.78, 5) is 21.7. The summed E-state index contributed by atoms with van der Waals surface area (Å²) in [5, 5.41) is 28.5. The highest BCUT2D eigenvalue weighted by Gasteiger charge is 2.47. The molecule has 0 amide bonds. The van der Waals surface area contributed by atoms with Crippen LogP contribution in [0.5, 0.6) is 0 Å². The van der Waals surface area contributed by atoms with Gasteiger partial charge in [-0.3, -0.25) is 9.59 Å². The third-order valence-corrected chi connectivity index (χ3v) is 2.41. The Kier molecular flexibility index (Phi) is 5.03. The second-order valence-electron chi connectivity index (χ2n) is 3.89. The molecule has 104 valence electrons. The molecule has 1 fully saturated rings. The number of aliphatic hydroxyl groups is 3. The largest absolute Gasteiger partial charge is 0.457 e. The third kappa shape index (κ3) is 3.39. The minimum absolute atomic E-state index is 0.580. The highest BCUT2D eigenvalue weighted by molar-refractivity contribution is 5.66. The molecule has 0 aliphatic carbocycles. The molecule has 0 aromatic carbocycles. The summed E-state index contributed by atoms with van der Waals surface area (Å²) in [6.07, 6.45) is -6.82. The second kappa shape index (κ2) is 6.10. The van der Waals surface area contributed by atoms with Gasteiger partial charge in [-0.05, 0) is 0 Å². The summed E-state index contributed by atoms with van der Waals surface area (Å²) in [6, 6.07) is 0. The average molecular weight is 264 g/mol. The van der Waals surface area contributed by atoms with Gasteiger partial charge in [-0.1, -0.05) is 0 Å². The minimum Gasteiger partial charge on any atom is -0.457 e. The Morgan fingerprint density at radius 1 is 1.11 bits per heavy atom. The van der Waals surface area contributed by atoms with Gasteiger partial charge in [0.1, 0.15) is 12.2 Å². The number of hydrogen-bond acceptors (Lipinski definition) is 8. The molecule has 1 saturated heterocycles. The van der Waals surface area contributed by atoms with E-state index in [-0.39, 0.29) is 0 Å². The number of hydrogen-bond donors (Lipinski definition) is 3. The van der Waals surface area contributed by atoms with Crippen molar-refractivity contribution in [2.45, 2.75) is 44.6 Å². The van der Waals surface area contributed by atoms with Crippen LogP contribution in [-0.4, -0.2) is 64.6 Å². The Balaban J connectivity index is 2.84. The zero-order chi connectivity index (χ0) is 13.9. The van der Waals surface area contributed by atoms with Crippen LogP contribution in [0.3, 0.4) is 0 Å². The number of carbonyl (C=O) groups excluding carboxylic acids is 2. The van der Waals surface area contributed by atoms with Gasteiger partial charge in [0.2, 0.25) is 6.29 Å². The molecule has 0 saturated carbocycles. The zero-order valence-corrected chi connectivity index (χ0v) is 9.98. The van der Waals surface area contributed by atoms with Crippen LogP contribution in [0.15, 0.2) is 0 Å². The van der Waals surface area contributed by atoms with Crippen LogP contribution >= 0.6 is 0 Å². The normalized spacial score (nSPS) is 35.9. The van der Waals surface area contributed by atoms with Gasteiger partial charge in [0, 0.05) is 13.8 Å². The summed E-state index contributed by atoms with van der Waals surface area (Å²) >= 11 is 0. The van der Waals surface area contributed by atoms with Crippen molar-refractivity contribution in [1.82, 2.24) is 0 Å². The van der Waals surface area contributed by atoms with E-state index in [9.17, 15) is 19.8 Å². The van der Waals surface area contributed by atoms with Crippen LogP contribution in [0.4, 0.5) is 0 Å². The molecule has 18 heavy (non-hydrogen) atoms. The highest BCUT2D eigenvalue weighted by Crippen LogP contribution is 2.24. The fraction of sp³-hybridized carbons (Fsp3) is 0.800. The maximum atomic E-state index is 10.9. The molecule has 1 heterocycles. The first-order valence-electron chi connectivity index (χ1n) is 5.33. The lowest BCUT2D eigenvalue weighted by molar-refractivity contribution is -0.294. The monoisotopic (exact) mass is 264 g/mol. The van der Waals surface area contributed by atoms with Crippen molar-refractivity contribution in [2.75, 3.05) is 6.61 Å². The molecule has 3 N–H and O–H groups in total. The molecule has 5 atom stereocenters. The van der Waals surface area contributed by atoms with E-state index in [4.69, 9.17) is 14.6 Å². The fourth-order valence-electron chi connectivity index (χ4n) is 1.64. The van der Waals surface area contributed by atoms with Crippen LogP contribution in [0.25, 0.3) is 0 Å². The predicted octanol–water partition coefficient (Wildman–Crippen LogP) is -2.08. The SMILES string of the molecule is CC(=O)OC1O[C@@H](CO)[C@@H](O)[C@H](OC(C)=O)[C@@H]1O. The topological polar surface area (TPSA) is 123 Å². The molecule has 0 radical (unpaired) electrons. The van der Waals surface area contributed by atoms with Gasteiger partial charge in [-0.2, -0.15) is 0 Å². The van der Waals surface area contributed by atoms with E-state index in [1.165, 1.54) is 0 Å². The molecule has 1 aliphatic heterocycles. The Bertz CT molecular complexity index is 317. The molecule has 8 heteroatoms. The molecule has 8 nitrogen and oxygen atoms in total. The van der Waals surface area contributed by atoms with Gasteiger partial charge in [0.05, 0.1) is 6.61 Å². The van der Waals surface area contributed by atoms with Gasteiger partial charge in [-0.15, -0.1) is 0 Å². The van der Waals surface area contributed by atoms with Crippen LogP contribution in [0.1, 0.15) is 13.8 Å². The molecule has 0 bridgehead atoms. The van der Waals surface area contributed by atoms with Gasteiger partial charge < -0.3 is 29.5 Å². The van der Waals surface area contributed by atoms with Gasteiger partial charge in [0.25, 0.3) is 0 Å². The van der Waals surface area contributed by atoms with Crippen molar-refractivity contribution in [3.05, 3.63) is 0 Å². The van der Waals surface area contributed by atoms with E-state index >= 15 is 0 Å². The minimum atomic E-state index is -1.53. The van der Waals surface area contributed by atoms with E-state index in [1.807, 2.05) is 0 Å². The van der Waals surface area contributed by atoms with Crippen molar-refractivity contribution in [2.24, 2.45) is 0 Å². The van der Waals surface area contributed by atoms with E-state index in [0.29, 0.717) is 0 Å². The lowest BCUT2D eigenvalue weighted by atomic mass is 9.99. The highest BCUT2D eigenvalue weighted by atomic mass is 16.7. The van der Waals surface area contributed by atoms with E-state index < -0.39 is 49.3 Å². The summed E-state index contributed by atoms with van der Waals surface area (Å²) in [7, 11) is 0. The van der Waals surface area contributed by atoms with Gasteiger partial charge in [0.15, 0.2) is 12.2 Å². The first kappa shape index (κ1) is 14.8. The quantitative estimate of drug-likeness (QED) is 0.496. The van der Waals surface area contributed by atoms with Crippen molar-refractivity contribution < 1.29 is 39.1 Å². The zero-order valence-electron chi connectivity index (χ0n) is 9.98. The lowest BCUT2D eigenvalue weighted by Gasteiger charge is -2.40. The predicted molar refractivity (Wildman–Crippen MR) is 55.1 cm³/mol.